The zero-order chi connectivity index (χ0) is 19.6. The quantitative estimate of drug-likeness (QED) is 0.335. The van der Waals surface area contributed by atoms with Crippen molar-refractivity contribution in [2.24, 2.45) is 5.41 Å². The van der Waals surface area contributed by atoms with Crippen LogP contribution in [0.3, 0.4) is 0 Å². The van der Waals surface area contributed by atoms with Gasteiger partial charge in [-0.3, -0.25) is 9.59 Å². The molecule has 0 saturated carbocycles. The molecule has 2 fully saturated rings. The molecule has 9 nitrogen and oxygen atoms in total. The number of aryl methyl sites for hydroxylation is 1. The van der Waals surface area contributed by atoms with Crippen molar-refractivity contribution < 1.29 is 19.5 Å². The Labute approximate surface area is 168 Å². The van der Waals surface area contributed by atoms with Crippen molar-refractivity contribution in [2.45, 2.75) is 22.7 Å². The summed E-state index contributed by atoms with van der Waals surface area (Å²) < 4.78 is 0.708. The fraction of sp³-hybridized carbons (Fsp3) is 0.533. The summed E-state index contributed by atoms with van der Waals surface area (Å²) >= 11 is 4.11. The van der Waals surface area contributed by atoms with Gasteiger partial charge in [0.1, 0.15) is 21.8 Å². The maximum absolute atomic E-state index is 12.4. The Morgan fingerprint density at radius 1 is 1.52 bits per heavy atom. The molecule has 1 aromatic rings. The Hall–Kier alpha value is -1.97. The molecule has 1 aromatic heterocycles. The van der Waals surface area contributed by atoms with Gasteiger partial charge in [-0.15, -0.1) is 28.4 Å². The number of fused-ring (bicyclic) bond motifs is 1. The minimum absolute atomic E-state index is 0.0682. The van der Waals surface area contributed by atoms with E-state index in [1.54, 1.807) is 0 Å². The van der Waals surface area contributed by atoms with Gasteiger partial charge in [0.05, 0.1) is 6.54 Å². The Bertz CT molecular complexity index is 810. The topological polar surface area (TPSA) is 125 Å². The van der Waals surface area contributed by atoms with E-state index in [4.69, 9.17) is 6.42 Å². The molecule has 144 valence electrons. The van der Waals surface area contributed by atoms with E-state index in [0.717, 1.165) is 5.01 Å². The Balaban J connectivity index is 1.62. The molecule has 2 unspecified atom stereocenters. The zero-order valence-electron chi connectivity index (χ0n) is 14.3. The highest BCUT2D eigenvalue weighted by atomic mass is 32.2. The van der Waals surface area contributed by atoms with Gasteiger partial charge in [-0.05, 0) is 6.92 Å². The van der Waals surface area contributed by atoms with Crippen molar-refractivity contribution in [3.8, 4) is 12.3 Å². The van der Waals surface area contributed by atoms with Crippen molar-refractivity contribution in [1.82, 2.24) is 25.7 Å². The molecule has 27 heavy (non-hydrogen) atoms. The van der Waals surface area contributed by atoms with Crippen LogP contribution in [-0.2, 0) is 9.59 Å². The lowest BCUT2D eigenvalue weighted by molar-refractivity contribution is -0.155. The van der Waals surface area contributed by atoms with Gasteiger partial charge in [0.25, 0.3) is 0 Å². The summed E-state index contributed by atoms with van der Waals surface area (Å²) in [7, 11) is 0. The highest BCUT2D eigenvalue weighted by molar-refractivity contribution is 8.01. The first-order valence-corrected chi connectivity index (χ1v) is 10.8. The van der Waals surface area contributed by atoms with Crippen LogP contribution >= 0.6 is 34.9 Å². The van der Waals surface area contributed by atoms with Crippen LogP contribution in [0.5, 0.6) is 0 Å². The molecule has 0 spiro atoms. The van der Waals surface area contributed by atoms with Crippen LogP contribution in [0.15, 0.2) is 4.34 Å². The lowest BCUT2D eigenvalue weighted by Gasteiger charge is -2.53. The third-order valence-corrected chi connectivity index (χ3v) is 8.07. The summed E-state index contributed by atoms with van der Waals surface area (Å²) in [6.45, 7) is 2.01. The van der Waals surface area contributed by atoms with Crippen molar-refractivity contribution in [3.05, 3.63) is 5.01 Å². The summed E-state index contributed by atoms with van der Waals surface area (Å²) in [5.74, 6) is 1.68. The number of β-lactam (4-membered cyclic amide) rings is 1. The van der Waals surface area contributed by atoms with Gasteiger partial charge in [-0.2, -0.15) is 0 Å². The number of rotatable bonds is 6. The number of thioether (sulfide) groups is 2. The second kappa shape index (κ2) is 7.95. The SMILES string of the molecule is C#CCNC(=O)NC1C(=O)N2CC(CSc3nnc(C)s3)(C(=O)O)CS[C@H]12. The molecule has 2 saturated heterocycles. The normalized spacial score (nSPS) is 26.5. The monoisotopic (exact) mass is 427 g/mol. The molecule has 2 aliphatic rings. The van der Waals surface area contributed by atoms with Crippen LogP contribution < -0.4 is 10.6 Å². The number of nitrogens with one attached hydrogen (secondary N) is 2. The van der Waals surface area contributed by atoms with Crippen LogP contribution in [-0.4, -0.2) is 74.1 Å². The molecule has 3 amide bonds. The number of aliphatic carboxylic acids is 1. The Morgan fingerprint density at radius 2 is 2.30 bits per heavy atom. The van der Waals surface area contributed by atoms with E-state index in [1.165, 1.54) is 39.8 Å². The van der Waals surface area contributed by atoms with Crippen molar-refractivity contribution in [2.75, 3.05) is 24.6 Å². The predicted molar refractivity (Wildman–Crippen MR) is 103 cm³/mol. The van der Waals surface area contributed by atoms with Gasteiger partial charge in [0.2, 0.25) is 5.91 Å². The number of amides is 3. The molecule has 3 heterocycles. The molecular weight excluding hydrogens is 410 g/mol. The Kier molecular flexibility index (Phi) is 5.83. The fourth-order valence-electron chi connectivity index (χ4n) is 2.77. The molecule has 3 rings (SSSR count). The maximum atomic E-state index is 12.4. The van der Waals surface area contributed by atoms with E-state index >= 15 is 0 Å². The third kappa shape index (κ3) is 3.99. The number of aromatic nitrogens is 2. The standard InChI is InChI=1S/C15H17N5O4S3/c1-3-4-16-13(24)17-9-10(21)20-5-15(12(22)23,6-25-11(9)20)7-26-14-19-18-8(2)27-14/h1,9,11H,4-7H2,2H3,(H,22,23)(H2,16,17,24)/t9?,11-,15?/m1/s1. The smallest absolute Gasteiger partial charge is 0.316 e. The number of carbonyl (C=O) groups is 3. The number of terminal acetylenes is 1. The average Bonchev–Trinajstić information content (AvgIpc) is 3.07. The van der Waals surface area contributed by atoms with Crippen LogP contribution in [0.25, 0.3) is 0 Å². The molecule has 12 heteroatoms. The van der Waals surface area contributed by atoms with Gasteiger partial charge >= 0.3 is 12.0 Å². The second-order valence-corrected chi connectivity index (χ2v) is 9.65. The largest absolute Gasteiger partial charge is 0.481 e. The number of carboxylic acids is 1. The average molecular weight is 428 g/mol. The first-order chi connectivity index (χ1) is 12.9. The summed E-state index contributed by atoms with van der Waals surface area (Å²) in [4.78, 5) is 37.6. The number of carbonyl (C=O) groups excluding carboxylic acids is 2. The third-order valence-electron chi connectivity index (χ3n) is 4.22. The molecule has 0 radical (unpaired) electrons. The minimum atomic E-state index is -1.07. The number of carboxylic acid groups (broad SMARTS) is 1. The van der Waals surface area contributed by atoms with E-state index < -0.39 is 23.5 Å². The number of hydrogen-bond donors (Lipinski definition) is 3. The molecule has 0 aliphatic carbocycles. The molecule has 3 atom stereocenters. The summed E-state index contributed by atoms with van der Waals surface area (Å²) in [5, 5.41) is 23.3. The first kappa shape index (κ1) is 19.8. The van der Waals surface area contributed by atoms with Crippen molar-refractivity contribution in [3.63, 3.8) is 0 Å². The van der Waals surface area contributed by atoms with Crippen LogP contribution in [0.2, 0.25) is 0 Å². The summed E-state index contributed by atoms with van der Waals surface area (Å²) in [6.07, 6.45) is 5.08. The van der Waals surface area contributed by atoms with Crippen LogP contribution in [0.1, 0.15) is 5.01 Å². The van der Waals surface area contributed by atoms with E-state index in [1.807, 2.05) is 6.92 Å². The lowest BCUT2D eigenvalue weighted by Crippen LogP contribution is -2.74. The van der Waals surface area contributed by atoms with Gasteiger partial charge in [-0.1, -0.05) is 29.0 Å². The second-order valence-electron chi connectivity index (χ2n) is 6.14. The van der Waals surface area contributed by atoms with Gasteiger partial charge in [0, 0.05) is 18.1 Å². The van der Waals surface area contributed by atoms with Crippen LogP contribution in [0.4, 0.5) is 4.79 Å². The van der Waals surface area contributed by atoms with E-state index in [2.05, 4.69) is 26.8 Å². The lowest BCUT2D eigenvalue weighted by atomic mass is 9.89. The van der Waals surface area contributed by atoms with E-state index in [-0.39, 0.29) is 24.4 Å². The van der Waals surface area contributed by atoms with Crippen LogP contribution in [0, 0.1) is 24.7 Å². The predicted octanol–water partition coefficient (Wildman–Crippen LogP) is 0.226. The summed E-state index contributed by atoms with van der Waals surface area (Å²) in [5.41, 5.74) is -1.07. The highest BCUT2D eigenvalue weighted by Gasteiger charge is 2.57. The highest BCUT2D eigenvalue weighted by Crippen LogP contribution is 2.44. The van der Waals surface area contributed by atoms with Gasteiger partial charge < -0.3 is 20.6 Å². The fourth-order valence-corrected chi connectivity index (χ4v) is 6.44. The van der Waals surface area contributed by atoms with Crippen molar-refractivity contribution >= 4 is 52.8 Å². The molecule has 0 bridgehead atoms. The molecule has 2 aliphatic heterocycles. The van der Waals surface area contributed by atoms with Crippen molar-refractivity contribution in [1.29, 1.82) is 0 Å². The zero-order valence-corrected chi connectivity index (χ0v) is 16.7. The van der Waals surface area contributed by atoms with Gasteiger partial charge in [0.15, 0.2) is 4.34 Å². The van der Waals surface area contributed by atoms with Gasteiger partial charge in [-0.25, -0.2) is 4.79 Å². The molecule has 3 N–H and O–H groups in total. The number of hydrogen-bond acceptors (Lipinski definition) is 8. The number of nitrogens with zero attached hydrogens (tertiary/aromatic N) is 3. The first-order valence-electron chi connectivity index (χ1n) is 7.92. The Morgan fingerprint density at radius 3 is 2.93 bits per heavy atom. The summed E-state index contributed by atoms with van der Waals surface area (Å²) in [6, 6.07) is -1.18. The molecule has 0 aromatic carbocycles. The molecular formula is C15H17N5O4S3. The van der Waals surface area contributed by atoms with E-state index in [9.17, 15) is 19.5 Å². The van der Waals surface area contributed by atoms with E-state index in [0.29, 0.717) is 15.8 Å². The minimum Gasteiger partial charge on any atom is -0.481 e. The number of urea groups is 1. The maximum Gasteiger partial charge on any atom is 0.316 e.